The zero-order chi connectivity index (χ0) is 12.7. The van der Waals surface area contributed by atoms with Gasteiger partial charge in [-0.2, -0.15) is 0 Å². The molecule has 6 heteroatoms. The Labute approximate surface area is 99.1 Å². The van der Waals surface area contributed by atoms with Crippen molar-refractivity contribution in [2.45, 2.75) is 0 Å². The molecule has 0 aliphatic rings. The van der Waals surface area contributed by atoms with E-state index < -0.39 is 6.09 Å². The molecule has 0 atom stereocenters. The number of para-hydroxylation sites is 1. The number of benzene rings is 1. The van der Waals surface area contributed by atoms with Crippen LogP contribution in [-0.4, -0.2) is 32.2 Å². The van der Waals surface area contributed by atoms with Crippen LogP contribution in [0.4, 0.5) is 10.5 Å². The van der Waals surface area contributed by atoms with E-state index in [4.69, 9.17) is 5.73 Å². The van der Waals surface area contributed by atoms with E-state index in [-0.39, 0.29) is 5.91 Å². The molecule has 0 heterocycles. The molecule has 0 spiro atoms. The second-order valence-corrected chi connectivity index (χ2v) is 3.21. The molecule has 0 bridgehead atoms. The number of methoxy groups -OCH3 is 1. The Bertz CT molecular complexity index is 407. The minimum atomic E-state index is -0.621. The van der Waals surface area contributed by atoms with Gasteiger partial charge < -0.3 is 15.8 Å². The first-order chi connectivity index (χ1) is 8.19. The quantitative estimate of drug-likeness (QED) is 0.713. The number of anilines is 1. The van der Waals surface area contributed by atoms with Gasteiger partial charge in [0.05, 0.1) is 18.4 Å². The molecule has 17 heavy (non-hydrogen) atoms. The lowest BCUT2D eigenvalue weighted by Gasteiger charge is -2.10. The SMILES string of the molecule is COC(=O)Nc1ccccc1C(=O)NCCN. The van der Waals surface area contributed by atoms with Gasteiger partial charge in [0.25, 0.3) is 5.91 Å². The molecule has 0 saturated carbocycles. The second kappa shape index (κ2) is 6.49. The van der Waals surface area contributed by atoms with Gasteiger partial charge in [0.2, 0.25) is 0 Å². The van der Waals surface area contributed by atoms with Crippen molar-refractivity contribution in [3.8, 4) is 0 Å². The number of ether oxygens (including phenoxy) is 1. The van der Waals surface area contributed by atoms with Crippen LogP contribution >= 0.6 is 0 Å². The second-order valence-electron chi connectivity index (χ2n) is 3.21. The Morgan fingerprint density at radius 1 is 1.35 bits per heavy atom. The van der Waals surface area contributed by atoms with E-state index in [0.717, 1.165) is 0 Å². The fourth-order valence-electron chi connectivity index (χ4n) is 1.23. The van der Waals surface area contributed by atoms with E-state index in [1.54, 1.807) is 24.3 Å². The Morgan fingerprint density at radius 3 is 2.71 bits per heavy atom. The molecular weight excluding hydrogens is 222 g/mol. The standard InChI is InChI=1S/C11H15N3O3/c1-17-11(16)14-9-5-3-2-4-8(9)10(15)13-7-6-12/h2-5H,6-7,12H2,1H3,(H,13,15)(H,14,16). The molecule has 0 saturated heterocycles. The summed E-state index contributed by atoms with van der Waals surface area (Å²) in [6, 6.07) is 6.65. The van der Waals surface area contributed by atoms with Crippen LogP contribution in [0.3, 0.4) is 0 Å². The fourth-order valence-corrected chi connectivity index (χ4v) is 1.23. The highest BCUT2D eigenvalue weighted by atomic mass is 16.5. The Morgan fingerprint density at radius 2 is 2.06 bits per heavy atom. The predicted molar refractivity (Wildman–Crippen MR) is 63.9 cm³/mol. The van der Waals surface area contributed by atoms with Gasteiger partial charge in [0.1, 0.15) is 0 Å². The largest absolute Gasteiger partial charge is 0.453 e. The van der Waals surface area contributed by atoms with Gasteiger partial charge in [-0.1, -0.05) is 12.1 Å². The van der Waals surface area contributed by atoms with Crippen LogP contribution < -0.4 is 16.4 Å². The van der Waals surface area contributed by atoms with Gasteiger partial charge in [0, 0.05) is 13.1 Å². The van der Waals surface area contributed by atoms with Crippen LogP contribution in [0.25, 0.3) is 0 Å². The molecule has 1 rings (SSSR count). The van der Waals surface area contributed by atoms with E-state index >= 15 is 0 Å². The van der Waals surface area contributed by atoms with Gasteiger partial charge in [0.15, 0.2) is 0 Å². The van der Waals surface area contributed by atoms with E-state index in [2.05, 4.69) is 15.4 Å². The van der Waals surface area contributed by atoms with E-state index in [9.17, 15) is 9.59 Å². The topological polar surface area (TPSA) is 93.4 Å². The van der Waals surface area contributed by atoms with Crippen molar-refractivity contribution in [1.29, 1.82) is 0 Å². The first-order valence-corrected chi connectivity index (χ1v) is 5.11. The highest BCUT2D eigenvalue weighted by Crippen LogP contribution is 2.14. The lowest BCUT2D eigenvalue weighted by molar-refractivity contribution is 0.0955. The van der Waals surface area contributed by atoms with Crippen molar-refractivity contribution in [2.24, 2.45) is 5.73 Å². The summed E-state index contributed by atoms with van der Waals surface area (Å²) in [5.74, 6) is -0.289. The maximum Gasteiger partial charge on any atom is 0.411 e. The average molecular weight is 237 g/mol. The molecule has 0 aliphatic heterocycles. The zero-order valence-electron chi connectivity index (χ0n) is 9.53. The third kappa shape index (κ3) is 3.76. The van der Waals surface area contributed by atoms with E-state index in [0.29, 0.717) is 24.3 Å². The molecule has 0 fully saturated rings. The van der Waals surface area contributed by atoms with Gasteiger partial charge >= 0.3 is 6.09 Å². The molecule has 0 aliphatic carbocycles. The van der Waals surface area contributed by atoms with Crippen molar-refractivity contribution in [1.82, 2.24) is 5.32 Å². The molecule has 4 N–H and O–H groups in total. The van der Waals surface area contributed by atoms with E-state index in [1.807, 2.05) is 0 Å². The minimum absolute atomic E-state index is 0.289. The minimum Gasteiger partial charge on any atom is -0.453 e. The Kier molecular flexibility index (Phi) is 4.96. The molecule has 0 unspecified atom stereocenters. The summed E-state index contributed by atoms with van der Waals surface area (Å²) >= 11 is 0. The van der Waals surface area contributed by atoms with Gasteiger partial charge in [-0.25, -0.2) is 4.79 Å². The molecule has 0 aromatic heterocycles. The number of hydrogen-bond donors (Lipinski definition) is 3. The normalized spacial score (nSPS) is 9.53. The molecular formula is C11H15N3O3. The lowest BCUT2D eigenvalue weighted by atomic mass is 10.1. The summed E-state index contributed by atoms with van der Waals surface area (Å²) in [5.41, 5.74) is 6.05. The molecule has 2 amide bonds. The molecule has 1 aromatic rings. The number of rotatable bonds is 4. The summed E-state index contributed by atoms with van der Waals surface area (Å²) in [6.45, 7) is 0.740. The van der Waals surface area contributed by atoms with Crippen LogP contribution in [0.2, 0.25) is 0 Å². The van der Waals surface area contributed by atoms with Crippen LogP contribution in [0.5, 0.6) is 0 Å². The number of hydrogen-bond acceptors (Lipinski definition) is 4. The van der Waals surface area contributed by atoms with Crippen molar-refractivity contribution < 1.29 is 14.3 Å². The number of carbonyl (C=O) groups excluding carboxylic acids is 2. The lowest BCUT2D eigenvalue weighted by Crippen LogP contribution is -2.29. The van der Waals surface area contributed by atoms with Gasteiger partial charge in [-0.15, -0.1) is 0 Å². The summed E-state index contributed by atoms with van der Waals surface area (Å²) < 4.78 is 4.47. The molecule has 1 aromatic carbocycles. The Balaban J connectivity index is 2.83. The summed E-state index contributed by atoms with van der Waals surface area (Å²) in [5, 5.41) is 5.09. The van der Waals surface area contributed by atoms with Crippen molar-refractivity contribution in [2.75, 3.05) is 25.5 Å². The number of nitrogens with one attached hydrogen (secondary N) is 2. The maximum atomic E-state index is 11.7. The maximum absolute atomic E-state index is 11.7. The van der Waals surface area contributed by atoms with Gasteiger partial charge in [-0.3, -0.25) is 10.1 Å². The summed E-state index contributed by atoms with van der Waals surface area (Å²) in [4.78, 5) is 22.8. The van der Waals surface area contributed by atoms with Crippen LogP contribution in [0, 0.1) is 0 Å². The van der Waals surface area contributed by atoms with Crippen molar-refractivity contribution in [3.63, 3.8) is 0 Å². The number of nitrogens with two attached hydrogens (primary N) is 1. The summed E-state index contributed by atoms with van der Waals surface area (Å²) in [6.07, 6.45) is -0.621. The highest BCUT2D eigenvalue weighted by molar-refractivity contribution is 6.02. The van der Waals surface area contributed by atoms with Crippen molar-refractivity contribution in [3.05, 3.63) is 29.8 Å². The molecule has 0 radical (unpaired) electrons. The predicted octanol–water partition coefficient (Wildman–Crippen LogP) is 0.553. The zero-order valence-corrected chi connectivity index (χ0v) is 9.53. The molecule has 92 valence electrons. The van der Waals surface area contributed by atoms with E-state index in [1.165, 1.54) is 7.11 Å². The Hall–Kier alpha value is -2.08. The highest BCUT2D eigenvalue weighted by Gasteiger charge is 2.12. The van der Waals surface area contributed by atoms with Crippen LogP contribution in [0.15, 0.2) is 24.3 Å². The third-order valence-corrected chi connectivity index (χ3v) is 2.02. The smallest absolute Gasteiger partial charge is 0.411 e. The molecule has 6 nitrogen and oxygen atoms in total. The van der Waals surface area contributed by atoms with Gasteiger partial charge in [-0.05, 0) is 12.1 Å². The number of amides is 2. The summed E-state index contributed by atoms with van der Waals surface area (Å²) in [7, 11) is 1.26. The average Bonchev–Trinajstić information content (AvgIpc) is 2.36. The first-order valence-electron chi connectivity index (χ1n) is 5.11. The third-order valence-electron chi connectivity index (χ3n) is 2.02. The van der Waals surface area contributed by atoms with Crippen LogP contribution in [0.1, 0.15) is 10.4 Å². The monoisotopic (exact) mass is 237 g/mol. The number of carbonyl (C=O) groups is 2. The first kappa shape index (κ1) is 13.0. The fraction of sp³-hybridized carbons (Fsp3) is 0.273. The van der Waals surface area contributed by atoms with Crippen LogP contribution in [-0.2, 0) is 4.74 Å². The van der Waals surface area contributed by atoms with Crippen molar-refractivity contribution >= 4 is 17.7 Å².